The Hall–Kier alpha value is -1.18. The van der Waals surface area contributed by atoms with Crippen LogP contribution in [0.4, 0.5) is 5.82 Å². The van der Waals surface area contributed by atoms with Gasteiger partial charge in [-0.2, -0.15) is 4.31 Å². The van der Waals surface area contributed by atoms with E-state index in [0.29, 0.717) is 18.9 Å². The molecule has 2 unspecified atom stereocenters. The zero-order valence-electron chi connectivity index (χ0n) is 12.7. The van der Waals surface area contributed by atoms with E-state index >= 15 is 0 Å². The third-order valence-electron chi connectivity index (χ3n) is 3.31. The van der Waals surface area contributed by atoms with Crippen molar-refractivity contribution >= 4 is 15.8 Å². The standard InChI is InChI=1S/C14H23N3O3S/c1-4-6-15-14-8-13(5-7-16-14)21(18,19)17-9-11(2)20-12(3)10-17/h5,7-8,11-12H,4,6,9-10H2,1-3H3,(H,15,16). The molecule has 0 radical (unpaired) electrons. The first-order chi connectivity index (χ1) is 9.93. The van der Waals surface area contributed by atoms with Crippen LogP contribution < -0.4 is 5.32 Å². The maximum absolute atomic E-state index is 12.7. The highest BCUT2D eigenvalue weighted by Gasteiger charge is 2.32. The van der Waals surface area contributed by atoms with Crippen molar-refractivity contribution in [3.05, 3.63) is 18.3 Å². The predicted octanol–water partition coefficient (Wildman–Crippen LogP) is 1.70. The summed E-state index contributed by atoms with van der Waals surface area (Å²) in [6.45, 7) is 7.35. The first-order valence-electron chi connectivity index (χ1n) is 7.29. The molecule has 0 aliphatic carbocycles. The molecule has 0 bridgehead atoms. The highest BCUT2D eigenvalue weighted by atomic mass is 32.2. The van der Waals surface area contributed by atoms with Gasteiger partial charge in [0.15, 0.2) is 0 Å². The minimum Gasteiger partial charge on any atom is -0.373 e. The number of nitrogens with zero attached hydrogens (tertiary/aromatic N) is 2. The van der Waals surface area contributed by atoms with Gasteiger partial charge in [-0.1, -0.05) is 6.92 Å². The molecule has 1 aromatic heterocycles. The van der Waals surface area contributed by atoms with Gasteiger partial charge >= 0.3 is 0 Å². The molecule has 1 aliphatic rings. The number of morpholine rings is 1. The van der Waals surface area contributed by atoms with E-state index in [1.54, 1.807) is 6.07 Å². The van der Waals surface area contributed by atoms with Crippen molar-refractivity contribution in [2.24, 2.45) is 0 Å². The van der Waals surface area contributed by atoms with E-state index in [0.717, 1.165) is 13.0 Å². The van der Waals surface area contributed by atoms with Gasteiger partial charge < -0.3 is 10.1 Å². The van der Waals surface area contributed by atoms with Gasteiger partial charge in [0, 0.05) is 31.9 Å². The Morgan fingerprint density at radius 3 is 2.67 bits per heavy atom. The zero-order valence-corrected chi connectivity index (χ0v) is 13.6. The molecule has 0 aromatic carbocycles. The van der Waals surface area contributed by atoms with E-state index in [1.165, 1.54) is 16.6 Å². The highest BCUT2D eigenvalue weighted by Crippen LogP contribution is 2.22. The minimum atomic E-state index is -3.50. The summed E-state index contributed by atoms with van der Waals surface area (Å²) in [7, 11) is -3.50. The van der Waals surface area contributed by atoms with Crippen molar-refractivity contribution < 1.29 is 13.2 Å². The zero-order chi connectivity index (χ0) is 15.5. The number of nitrogens with one attached hydrogen (secondary N) is 1. The van der Waals surface area contributed by atoms with Crippen molar-refractivity contribution in [2.45, 2.75) is 44.3 Å². The Labute approximate surface area is 126 Å². The Kier molecular flexibility index (Phi) is 5.18. The summed E-state index contributed by atoms with van der Waals surface area (Å²) in [6, 6.07) is 3.13. The summed E-state index contributed by atoms with van der Waals surface area (Å²) in [4.78, 5) is 4.42. The number of anilines is 1. The van der Waals surface area contributed by atoms with Gasteiger partial charge in [-0.05, 0) is 26.3 Å². The lowest BCUT2D eigenvalue weighted by molar-refractivity contribution is -0.0440. The average Bonchev–Trinajstić information content (AvgIpc) is 2.44. The average molecular weight is 313 g/mol. The molecule has 2 rings (SSSR count). The number of rotatable bonds is 5. The van der Waals surface area contributed by atoms with E-state index in [9.17, 15) is 8.42 Å². The Bertz CT molecular complexity index is 567. The normalized spacial score (nSPS) is 24.0. The van der Waals surface area contributed by atoms with Gasteiger partial charge in [0.25, 0.3) is 0 Å². The summed E-state index contributed by atoms with van der Waals surface area (Å²) >= 11 is 0. The summed E-state index contributed by atoms with van der Waals surface area (Å²) < 4.78 is 32.5. The fraction of sp³-hybridized carbons (Fsp3) is 0.643. The molecular formula is C14H23N3O3S. The summed E-state index contributed by atoms with van der Waals surface area (Å²) in [5.41, 5.74) is 0. The van der Waals surface area contributed by atoms with E-state index in [-0.39, 0.29) is 17.1 Å². The molecule has 118 valence electrons. The fourth-order valence-electron chi connectivity index (χ4n) is 2.40. The Balaban J connectivity index is 2.22. The maximum atomic E-state index is 12.7. The molecule has 2 heterocycles. The van der Waals surface area contributed by atoms with Crippen LogP contribution in [-0.2, 0) is 14.8 Å². The number of aromatic nitrogens is 1. The van der Waals surface area contributed by atoms with Crippen molar-refractivity contribution in [1.82, 2.24) is 9.29 Å². The van der Waals surface area contributed by atoms with Crippen LogP contribution in [0.25, 0.3) is 0 Å². The van der Waals surface area contributed by atoms with Crippen molar-refractivity contribution in [1.29, 1.82) is 0 Å². The molecule has 7 heteroatoms. The molecule has 1 saturated heterocycles. The second kappa shape index (κ2) is 6.72. The third-order valence-corrected chi connectivity index (χ3v) is 5.14. The van der Waals surface area contributed by atoms with Crippen LogP contribution in [0.2, 0.25) is 0 Å². The van der Waals surface area contributed by atoms with Gasteiger partial charge in [0.05, 0.1) is 17.1 Å². The third kappa shape index (κ3) is 3.93. The van der Waals surface area contributed by atoms with Crippen molar-refractivity contribution in [2.75, 3.05) is 25.0 Å². The molecule has 21 heavy (non-hydrogen) atoms. The maximum Gasteiger partial charge on any atom is 0.243 e. The SMILES string of the molecule is CCCNc1cc(S(=O)(=O)N2CC(C)OC(C)C2)ccn1. The van der Waals surface area contributed by atoms with Crippen LogP contribution in [0.5, 0.6) is 0 Å². The molecule has 0 amide bonds. The van der Waals surface area contributed by atoms with Gasteiger partial charge in [-0.3, -0.25) is 0 Å². The first kappa shape index (κ1) is 16.2. The summed E-state index contributed by atoms with van der Waals surface area (Å²) in [5, 5.41) is 3.11. The van der Waals surface area contributed by atoms with Crippen LogP contribution in [0.3, 0.4) is 0 Å². The lowest BCUT2D eigenvalue weighted by Gasteiger charge is -2.34. The van der Waals surface area contributed by atoms with Crippen molar-refractivity contribution in [3.63, 3.8) is 0 Å². The second-order valence-corrected chi connectivity index (χ2v) is 7.32. The quantitative estimate of drug-likeness (QED) is 0.896. The molecule has 0 spiro atoms. The molecule has 1 N–H and O–H groups in total. The highest BCUT2D eigenvalue weighted by molar-refractivity contribution is 7.89. The van der Waals surface area contributed by atoms with E-state index in [1.807, 2.05) is 20.8 Å². The number of hydrogen-bond acceptors (Lipinski definition) is 5. The van der Waals surface area contributed by atoms with Gasteiger partial charge in [0.1, 0.15) is 5.82 Å². The molecule has 1 aliphatic heterocycles. The summed E-state index contributed by atoms with van der Waals surface area (Å²) in [5.74, 6) is 0.590. The van der Waals surface area contributed by atoms with E-state index in [4.69, 9.17) is 4.74 Å². The van der Waals surface area contributed by atoms with Crippen LogP contribution in [0.15, 0.2) is 23.2 Å². The van der Waals surface area contributed by atoms with Crippen LogP contribution in [-0.4, -0.2) is 49.5 Å². The Morgan fingerprint density at radius 1 is 1.38 bits per heavy atom. The predicted molar refractivity (Wildman–Crippen MR) is 81.8 cm³/mol. The minimum absolute atomic E-state index is 0.0944. The van der Waals surface area contributed by atoms with Crippen LogP contribution in [0, 0.1) is 0 Å². The monoisotopic (exact) mass is 313 g/mol. The first-order valence-corrected chi connectivity index (χ1v) is 8.73. The number of sulfonamides is 1. The number of hydrogen-bond donors (Lipinski definition) is 1. The summed E-state index contributed by atoms with van der Waals surface area (Å²) in [6.07, 6.45) is 2.29. The van der Waals surface area contributed by atoms with Crippen LogP contribution in [0.1, 0.15) is 27.2 Å². The van der Waals surface area contributed by atoms with E-state index < -0.39 is 10.0 Å². The second-order valence-electron chi connectivity index (χ2n) is 5.38. The largest absolute Gasteiger partial charge is 0.373 e. The number of pyridine rings is 1. The lowest BCUT2D eigenvalue weighted by atomic mass is 10.3. The Morgan fingerprint density at radius 2 is 2.05 bits per heavy atom. The van der Waals surface area contributed by atoms with Crippen molar-refractivity contribution in [3.8, 4) is 0 Å². The van der Waals surface area contributed by atoms with Gasteiger partial charge in [-0.15, -0.1) is 0 Å². The lowest BCUT2D eigenvalue weighted by Crippen LogP contribution is -2.48. The topological polar surface area (TPSA) is 71.5 Å². The van der Waals surface area contributed by atoms with Gasteiger partial charge in [0.2, 0.25) is 10.0 Å². The van der Waals surface area contributed by atoms with E-state index in [2.05, 4.69) is 10.3 Å². The molecule has 6 nitrogen and oxygen atoms in total. The molecule has 1 fully saturated rings. The molecule has 0 saturated carbocycles. The number of ether oxygens (including phenoxy) is 1. The smallest absolute Gasteiger partial charge is 0.243 e. The molecule has 1 aromatic rings. The van der Waals surface area contributed by atoms with Gasteiger partial charge in [-0.25, -0.2) is 13.4 Å². The van der Waals surface area contributed by atoms with Crippen LogP contribution >= 0.6 is 0 Å². The molecule has 2 atom stereocenters. The fourth-order valence-corrected chi connectivity index (χ4v) is 4.00. The molecular weight excluding hydrogens is 290 g/mol.